The van der Waals surface area contributed by atoms with Crippen LogP contribution in [0.2, 0.25) is 5.02 Å². The van der Waals surface area contributed by atoms with E-state index < -0.39 is 23.1 Å². The predicted octanol–water partition coefficient (Wildman–Crippen LogP) is 4.69. The molecule has 3 rings (SSSR count). The molecule has 30 heavy (non-hydrogen) atoms. The van der Waals surface area contributed by atoms with Gasteiger partial charge in [0.05, 0.1) is 30.2 Å². The molecule has 0 radical (unpaired) electrons. The number of hydrogen-bond donors (Lipinski definition) is 2. The zero-order chi connectivity index (χ0) is 21.7. The lowest BCUT2D eigenvalue weighted by molar-refractivity contribution is -0.140. The molecule has 156 valence electrons. The summed E-state index contributed by atoms with van der Waals surface area (Å²) in [5.74, 6) is -1.45. The molecule has 0 aliphatic carbocycles. The summed E-state index contributed by atoms with van der Waals surface area (Å²) in [7, 11) is 1.24. The van der Waals surface area contributed by atoms with Gasteiger partial charge in [0.2, 0.25) is 11.2 Å². The highest BCUT2D eigenvalue weighted by atomic mass is 35.5. The zero-order valence-electron chi connectivity index (χ0n) is 16.0. The predicted molar refractivity (Wildman–Crippen MR) is 114 cm³/mol. The summed E-state index contributed by atoms with van der Waals surface area (Å²) < 4.78 is 10.6. The second kappa shape index (κ2) is 9.73. The monoisotopic (exact) mass is 446 g/mol. The van der Waals surface area contributed by atoms with Crippen LogP contribution in [0.25, 0.3) is 0 Å². The molecule has 0 fully saturated rings. The Hall–Kier alpha value is -2.90. The molecule has 0 saturated carbocycles. The van der Waals surface area contributed by atoms with E-state index in [-0.39, 0.29) is 23.0 Å². The smallest absolute Gasteiger partial charge is 0.306 e. The number of hydrogen-bond acceptors (Lipinski definition) is 7. The number of rotatable bonds is 7. The van der Waals surface area contributed by atoms with Crippen molar-refractivity contribution in [2.24, 2.45) is 0 Å². The van der Waals surface area contributed by atoms with Crippen LogP contribution in [0.3, 0.4) is 0 Å². The third kappa shape index (κ3) is 5.17. The molecule has 8 heteroatoms. The van der Waals surface area contributed by atoms with E-state index in [0.717, 1.165) is 4.90 Å². The number of thioether (sulfide) groups is 1. The first-order chi connectivity index (χ1) is 14.4. The molecule has 0 bridgehead atoms. The van der Waals surface area contributed by atoms with Gasteiger partial charge in [0.15, 0.2) is 5.76 Å². The van der Waals surface area contributed by atoms with Crippen molar-refractivity contribution >= 4 is 29.3 Å². The van der Waals surface area contributed by atoms with Crippen LogP contribution < -0.4 is 5.43 Å². The highest BCUT2D eigenvalue weighted by molar-refractivity contribution is 7.98. The SMILES string of the molecule is COC(=O)CC(c1ccc(O)c(Cl)c1)c1oc(CSc2ccccc2)cc(=O)c1O. The van der Waals surface area contributed by atoms with E-state index in [9.17, 15) is 19.8 Å². The normalized spacial score (nSPS) is 11.8. The average Bonchev–Trinajstić information content (AvgIpc) is 2.75. The number of halogens is 1. The second-order valence-corrected chi connectivity index (χ2v) is 7.89. The van der Waals surface area contributed by atoms with E-state index in [2.05, 4.69) is 0 Å². The Morgan fingerprint density at radius 2 is 1.90 bits per heavy atom. The number of ether oxygens (including phenoxy) is 1. The standard InChI is InChI=1S/C22H19ClO6S/c1-28-20(26)11-16(13-7-8-18(24)17(23)9-13)22-21(27)19(25)10-14(29-22)12-30-15-5-3-2-4-6-15/h2-10,16,24,27H,11-12H2,1H3. The first-order valence-corrected chi connectivity index (χ1v) is 10.3. The first kappa shape index (κ1) is 21.8. The van der Waals surface area contributed by atoms with Gasteiger partial charge in [-0.1, -0.05) is 35.9 Å². The molecule has 0 saturated heterocycles. The minimum Gasteiger partial charge on any atom is -0.506 e. The number of phenolic OH excluding ortho intramolecular Hbond substituents is 1. The van der Waals surface area contributed by atoms with Gasteiger partial charge in [-0.15, -0.1) is 11.8 Å². The van der Waals surface area contributed by atoms with Crippen LogP contribution in [-0.2, 0) is 15.3 Å². The quantitative estimate of drug-likeness (QED) is 0.401. The lowest BCUT2D eigenvalue weighted by Gasteiger charge is -2.18. The molecule has 0 amide bonds. The maximum atomic E-state index is 12.4. The van der Waals surface area contributed by atoms with E-state index in [1.807, 2.05) is 30.3 Å². The Morgan fingerprint density at radius 3 is 2.57 bits per heavy atom. The fourth-order valence-electron chi connectivity index (χ4n) is 2.89. The maximum absolute atomic E-state index is 12.4. The first-order valence-electron chi connectivity index (χ1n) is 8.98. The van der Waals surface area contributed by atoms with Crippen molar-refractivity contribution in [3.05, 3.63) is 86.9 Å². The van der Waals surface area contributed by atoms with Gasteiger partial charge in [0.1, 0.15) is 11.5 Å². The van der Waals surface area contributed by atoms with Gasteiger partial charge in [-0.2, -0.15) is 0 Å². The third-order valence-corrected chi connectivity index (χ3v) is 5.75. The lowest BCUT2D eigenvalue weighted by Crippen LogP contribution is -2.14. The Bertz CT molecular complexity index is 1100. The Kier molecular flexibility index (Phi) is 7.07. The fraction of sp³-hybridized carbons (Fsp3) is 0.182. The highest BCUT2D eigenvalue weighted by Crippen LogP contribution is 2.37. The number of aromatic hydroxyl groups is 2. The Balaban J connectivity index is 2.00. The molecule has 1 atom stereocenters. The van der Waals surface area contributed by atoms with Crippen LogP contribution in [0.15, 0.2) is 68.7 Å². The summed E-state index contributed by atoms with van der Waals surface area (Å²) in [6, 6.07) is 15.2. The van der Waals surface area contributed by atoms with Gasteiger partial charge in [-0.05, 0) is 29.8 Å². The van der Waals surface area contributed by atoms with E-state index in [0.29, 0.717) is 17.1 Å². The number of carbonyl (C=O) groups excluding carboxylic acids is 1. The minimum atomic E-state index is -0.829. The zero-order valence-corrected chi connectivity index (χ0v) is 17.6. The maximum Gasteiger partial charge on any atom is 0.306 e. The lowest BCUT2D eigenvalue weighted by atomic mass is 9.92. The van der Waals surface area contributed by atoms with Crippen molar-refractivity contribution in [3.8, 4) is 11.5 Å². The average molecular weight is 447 g/mol. The molecule has 2 N–H and O–H groups in total. The van der Waals surface area contributed by atoms with E-state index >= 15 is 0 Å². The summed E-state index contributed by atoms with van der Waals surface area (Å²) in [6.45, 7) is 0. The largest absolute Gasteiger partial charge is 0.506 e. The van der Waals surface area contributed by atoms with Gasteiger partial charge in [-0.25, -0.2) is 0 Å². The van der Waals surface area contributed by atoms with E-state index in [1.54, 1.807) is 6.07 Å². The molecule has 2 aromatic carbocycles. The number of benzene rings is 2. The molecule has 1 heterocycles. The number of phenols is 1. The second-order valence-electron chi connectivity index (χ2n) is 6.44. The summed E-state index contributed by atoms with van der Waals surface area (Å²) in [4.78, 5) is 25.4. The Labute approximate surface area is 182 Å². The molecule has 0 spiro atoms. The van der Waals surface area contributed by atoms with Crippen LogP contribution in [0.1, 0.15) is 29.4 Å². The molecule has 1 unspecified atom stereocenters. The molecule has 0 aliphatic rings. The summed E-state index contributed by atoms with van der Waals surface area (Å²) in [5.41, 5.74) is -0.130. The van der Waals surface area contributed by atoms with Crippen molar-refractivity contribution in [1.29, 1.82) is 0 Å². The number of methoxy groups -OCH3 is 1. The molecule has 3 aromatic rings. The third-order valence-electron chi connectivity index (χ3n) is 4.41. The molecular weight excluding hydrogens is 428 g/mol. The fourth-order valence-corrected chi connectivity index (χ4v) is 3.88. The van der Waals surface area contributed by atoms with E-state index in [1.165, 1.54) is 37.1 Å². The van der Waals surface area contributed by atoms with Crippen LogP contribution in [-0.4, -0.2) is 23.3 Å². The Morgan fingerprint density at radius 1 is 1.17 bits per heavy atom. The van der Waals surface area contributed by atoms with Crippen molar-refractivity contribution < 1.29 is 24.2 Å². The molecular formula is C22H19ClO6S. The molecule has 1 aromatic heterocycles. The van der Waals surface area contributed by atoms with Crippen molar-refractivity contribution in [1.82, 2.24) is 0 Å². The van der Waals surface area contributed by atoms with Crippen molar-refractivity contribution in [3.63, 3.8) is 0 Å². The van der Waals surface area contributed by atoms with Gasteiger partial charge < -0.3 is 19.4 Å². The van der Waals surface area contributed by atoms with E-state index in [4.69, 9.17) is 20.8 Å². The summed E-state index contributed by atoms with van der Waals surface area (Å²) >= 11 is 7.48. The van der Waals surface area contributed by atoms with Crippen molar-refractivity contribution in [2.45, 2.75) is 23.0 Å². The van der Waals surface area contributed by atoms with Gasteiger partial charge in [0, 0.05) is 11.0 Å². The van der Waals surface area contributed by atoms with Gasteiger partial charge in [0.25, 0.3) is 0 Å². The minimum absolute atomic E-state index is 0.0571. The van der Waals surface area contributed by atoms with Gasteiger partial charge >= 0.3 is 5.97 Å². The van der Waals surface area contributed by atoms with Crippen LogP contribution in [0.4, 0.5) is 0 Å². The summed E-state index contributed by atoms with van der Waals surface area (Å²) in [6.07, 6.45) is -0.191. The van der Waals surface area contributed by atoms with Crippen LogP contribution in [0.5, 0.6) is 11.5 Å². The number of esters is 1. The van der Waals surface area contributed by atoms with Crippen molar-refractivity contribution in [2.75, 3.05) is 7.11 Å². The number of carbonyl (C=O) groups is 1. The molecule has 6 nitrogen and oxygen atoms in total. The molecule has 0 aliphatic heterocycles. The van der Waals surface area contributed by atoms with Crippen LogP contribution >= 0.6 is 23.4 Å². The topological polar surface area (TPSA) is 97.0 Å². The van der Waals surface area contributed by atoms with Crippen LogP contribution in [0, 0.1) is 0 Å². The van der Waals surface area contributed by atoms with Gasteiger partial charge in [-0.3, -0.25) is 9.59 Å². The summed E-state index contributed by atoms with van der Waals surface area (Å²) in [5, 5.41) is 20.2. The highest BCUT2D eigenvalue weighted by Gasteiger charge is 2.27.